The van der Waals surface area contributed by atoms with Gasteiger partial charge in [0.05, 0.1) is 5.38 Å². The summed E-state index contributed by atoms with van der Waals surface area (Å²) < 4.78 is 0. The molecular weight excluding hydrogens is 250 g/mol. The molecule has 2 rings (SSSR count). The predicted molar refractivity (Wildman–Crippen MR) is 75.0 cm³/mol. The summed E-state index contributed by atoms with van der Waals surface area (Å²) in [5.41, 5.74) is 2.57. The van der Waals surface area contributed by atoms with Crippen molar-refractivity contribution >= 4 is 22.9 Å². The van der Waals surface area contributed by atoms with E-state index in [4.69, 9.17) is 11.6 Å². The zero-order valence-electron chi connectivity index (χ0n) is 10.3. The zero-order valence-corrected chi connectivity index (χ0v) is 11.8. The molecule has 3 heteroatoms. The molecule has 2 aromatic rings. The lowest BCUT2D eigenvalue weighted by molar-refractivity contribution is 0.740. The van der Waals surface area contributed by atoms with Crippen molar-refractivity contribution in [2.45, 2.75) is 32.1 Å². The molecule has 2 unspecified atom stereocenters. The Balaban J connectivity index is 2.23. The van der Waals surface area contributed by atoms with Crippen molar-refractivity contribution in [3.05, 3.63) is 51.5 Å². The van der Waals surface area contributed by atoms with Crippen LogP contribution in [0.25, 0.3) is 0 Å². The van der Waals surface area contributed by atoms with Gasteiger partial charge >= 0.3 is 0 Å². The van der Waals surface area contributed by atoms with Crippen molar-refractivity contribution in [3.63, 3.8) is 0 Å². The highest BCUT2D eigenvalue weighted by Crippen LogP contribution is 2.39. The van der Waals surface area contributed by atoms with Gasteiger partial charge in [0.2, 0.25) is 0 Å². The van der Waals surface area contributed by atoms with Gasteiger partial charge in [0.25, 0.3) is 0 Å². The van der Waals surface area contributed by atoms with Gasteiger partial charge in [-0.2, -0.15) is 0 Å². The van der Waals surface area contributed by atoms with E-state index in [-0.39, 0.29) is 5.38 Å². The van der Waals surface area contributed by atoms with Gasteiger partial charge in [0.1, 0.15) is 0 Å². The second-order valence-electron chi connectivity index (χ2n) is 4.36. The molecule has 90 valence electrons. The summed E-state index contributed by atoms with van der Waals surface area (Å²) in [7, 11) is 0. The minimum Gasteiger partial charge on any atom is -0.265 e. The van der Waals surface area contributed by atoms with E-state index in [1.54, 1.807) is 11.3 Å². The van der Waals surface area contributed by atoms with Crippen LogP contribution in [-0.4, -0.2) is 4.98 Å². The first-order valence-corrected chi connectivity index (χ1v) is 6.96. The maximum atomic E-state index is 6.57. The van der Waals surface area contributed by atoms with Crippen LogP contribution in [-0.2, 0) is 0 Å². The summed E-state index contributed by atoms with van der Waals surface area (Å²) in [5.74, 6) is 0.303. The molecule has 1 nitrogen and oxygen atoms in total. The maximum absolute atomic E-state index is 6.57. The van der Waals surface area contributed by atoms with E-state index in [0.717, 1.165) is 0 Å². The van der Waals surface area contributed by atoms with Crippen LogP contribution in [0, 0.1) is 13.8 Å². The average molecular weight is 266 g/mol. The fraction of sp³-hybridized carbons (Fsp3) is 0.357. The lowest BCUT2D eigenvalue weighted by atomic mass is 9.97. The number of aromatic nitrogens is 1. The third kappa shape index (κ3) is 2.70. The van der Waals surface area contributed by atoms with Crippen molar-refractivity contribution < 1.29 is 0 Å². The highest BCUT2D eigenvalue weighted by Gasteiger charge is 2.20. The van der Waals surface area contributed by atoms with E-state index in [1.165, 1.54) is 20.9 Å². The Hall–Kier alpha value is -0.860. The summed E-state index contributed by atoms with van der Waals surface area (Å²) in [6.07, 6.45) is 3.64. The molecule has 0 aliphatic heterocycles. The predicted octanol–water partition coefficient (Wildman–Crippen LogP) is 4.84. The Bertz CT molecular complexity index is 473. The highest BCUT2D eigenvalue weighted by molar-refractivity contribution is 7.12. The van der Waals surface area contributed by atoms with Crippen molar-refractivity contribution in [2.24, 2.45) is 0 Å². The minimum absolute atomic E-state index is 0.0369. The summed E-state index contributed by atoms with van der Waals surface area (Å²) in [6.45, 7) is 6.44. The number of pyridine rings is 1. The van der Waals surface area contributed by atoms with Gasteiger partial charge in [-0.3, -0.25) is 4.98 Å². The Morgan fingerprint density at radius 2 is 1.88 bits per heavy atom. The summed E-state index contributed by atoms with van der Waals surface area (Å²) in [5, 5.41) is 0.0369. The van der Waals surface area contributed by atoms with Crippen LogP contribution in [0.3, 0.4) is 0 Å². The Labute approximate surface area is 111 Å². The molecule has 0 saturated carbocycles. The molecule has 0 saturated heterocycles. The highest BCUT2D eigenvalue weighted by atomic mass is 35.5. The topological polar surface area (TPSA) is 12.9 Å². The minimum atomic E-state index is 0.0369. The Morgan fingerprint density at radius 3 is 2.41 bits per heavy atom. The lowest BCUT2D eigenvalue weighted by Crippen LogP contribution is -2.00. The fourth-order valence-electron chi connectivity index (χ4n) is 1.82. The van der Waals surface area contributed by atoms with Crippen LogP contribution < -0.4 is 0 Å². The number of alkyl halides is 1. The molecule has 0 radical (unpaired) electrons. The molecule has 0 aliphatic rings. The van der Waals surface area contributed by atoms with Gasteiger partial charge in [-0.05, 0) is 43.2 Å². The molecule has 2 atom stereocenters. The average Bonchev–Trinajstić information content (AvgIpc) is 2.69. The first-order valence-electron chi connectivity index (χ1n) is 5.70. The number of aryl methyl sites for hydroxylation is 2. The van der Waals surface area contributed by atoms with Gasteiger partial charge in [0, 0.05) is 28.1 Å². The van der Waals surface area contributed by atoms with E-state index in [1.807, 2.05) is 24.5 Å². The number of thiophene rings is 1. The molecule has 0 aromatic carbocycles. The maximum Gasteiger partial charge on any atom is 0.0744 e. The largest absolute Gasteiger partial charge is 0.265 e. The van der Waals surface area contributed by atoms with E-state index < -0.39 is 0 Å². The number of hydrogen-bond acceptors (Lipinski definition) is 2. The summed E-state index contributed by atoms with van der Waals surface area (Å²) in [6, 6.07) is 6.27. The smallest absolute Gasteiger partial charge is 0.0744 e. The third-order valence-corrected chi connectivity index (χ3v) is 5.11. The molecule has 0 fully saturated rings. The molecule has 0 amide bonds. The molecule has 2 heterocycles. The molecule has 0 N–H and O–H groups in total. The quantitative estimate of drug-likeness (QED) is 0.724. The Morgan fingerprint density at radius 1 is 1.24 bits per heavy atom. The molecular formula is C14H16ClNS. The van der Waals surface area contributed by atoms with Crippen LogP contribution >= 0.6 is 22.9 Å². The van der Waals surface area contributed by atoms with Crippen molar-refractivity contribution in [1.82, 2.24) is 4.98 Å². The first kappa shape index (κ1) is 12.6. The van der Waals surface area contributed by atoms with Crippen molar-refractivity contribution in [2.75, 3.05) is 0 Å². The van der Waals surface area contributed by atoms with Crippen LogP contribution in [0.5, 0.6) is 0 Å². The fourth-order valence-corrected chi connectivity index (χ4v) is 3.29. The first-order chi connectivity index (χ1) is 8.09. The SMILES string of the molecule is Cc1cc(C(Cl)C(C)c2ccncc2)sc1C. The van der Waals surface area contributed by atoms with Gasteiger partial charge < -0.3 is 0 Å². The van der Waals surface area contributed by atoms with Crippen LogP contribution in [0.2, 0.25) is 0 Å². The normalized spacial score (nSPS) is 14.6. The van der Waals surface area contributed by atoms with Gasteiger partial charge in [0.15, 0.2) is 0 Å². The van der Waals surface area contributed by atoms with Crippen molar-refractivity contribution in [1.29, 1.82) is 0 Å². The zero-order chi connectivity index (χ0) is 12.4. The van der Waals surface area contributed by atoms with Gasteiger partial charge in [-0.15, -0.1) is 22.9 Å². The van der Waals surface area contributed by atoms with E-state index in [2.05, 4.69) is 31.8 Å². The van der Waals surface area contributed by atoms with E-state index >= 15 is 0 Å². The van der Waals surface area contributed by atoms with Crippen LogP contribution in [0.15, 0.2) is 30.6 Å². The van der Waals surface area contributed by atoms with Crippen molar-refractivity contribution in [3.8, 4) is 0 Å². The molecule has 0 bridgehead atoms. The second kappa shape index (κ2) is 5.19. The standard InChI is InChI=1S/C14H16ClNS/c1-9-8-13(17-11(9)3)14(15)10(2)12-4-6-16-7-5-12/h4-8,10,14H,1-3H3. The summed E-state index contributed by atoms with van der Waals surface area (Å²) in [4.78, 5) is 6.65. The molecule has 2 aromatic heterocycles. The molecule has 17 heavy (non-hydrogen) atoms. The lowest BCUT2D eigenvalue weighted by Gasteiger charge is -2.16. The number of hydrogen-bond donors (Lipinski definition) is 0. The third-order valence-electron chi connectivity index (χ3n) is 3.13. The van der Waals surface area contributed by atoms with E-state index in [9.17, 15) is 0 Å². The van der Waals surface area contributed by atoms with Gasteiger partial charge in [-0.25, -0.2) is 0 Å². The van der Waals surface area contributed by atoms with E-state index in [0.29, 0.717) is 5.92 Å². The summed E-state index contributed by atoms with van der Waals surface area (Å²) >= 11 is 8.36. The molecule has 0 spiro atoms. The molecule has 0 aliphatic carbocycles. The number of halogens is 1. The monoisotopic (exact) mass is 265 g/mol. The van der Waals surface area contributed by atoms with Gasteiger partial charge in [-0.1, -0.05) is 6.92 Å². The van der Waals surface area contributed by atoms with Crippen LogP contribution in [0.4, 0.5) is 0 Å². The number of nitrogens with zero attached hydrogens (tertiary/aromatic N) is 1. The Kier molecular flexibility index (Phi) is 3.85. The van der Waals surface area contributed by atoms with Crippen LogP contribution in [0.1, 0.15) is 39.1 Å². The second-order valence-corrected chi connectivity index (χ2v) is 6.12. The number of rotatable bonds is 3.